The van der Waals surface area contributed by atoms with E-state index in [9.17, 15) is 9.18 Å². The Balaban J connectivity index is 1.73. The summed E-state index contributed by atoms with van der Waals surface area (Å²) in [6.45, 7) is 0.240. The molecule has 0 saturated carbocycles. The molecule has 3 heterocycles. The quantitative estimate of drug-likeness (QED) is 0.428. The first-order chi connectivity index (χ1) is 17.9. The highest BCUT2D eigenvalue weighted by Crippen LogP contribution is 2.51. The van der Waals surface area contributed by atoms with Crippen molar-refractivity contribution in [2.24, 2.45) is 0 Å². The SMILES string of the molecule is CNC(=O)c1cc(F)c(OCCO)nc1-c1c(Cl)c(F)cc2c1CC(c1ccccc1)([C@@H]1CCCN1)O2. The zero-order valence-corrected chi connectivity index (χ0v) is 20.9. The van der Waals surface area contributed by atoms with Crippen LogP contribution >= 0.6 is 11.6 Å². The van der Waals surface area contributed by atoms with E-state index in [2.05, 4.69) is 15.6 Å². The topological polar surface area (TPSA) is 92.7 Å². The van der Waals surface area contributed by atoms with Crippen molar-refractivity contribution in [3.8, 4) is 22.9 Å². The average molecular weight is 530 g/mol. The first-order valence-electron chi connectivity index (χ1n) is 12.0. The van der Waals surface area contributed by atoms with Gasteiger partial charge >= 0.3 is 0 Å². The molecule has 3 N–H and O–H groups in total. The number of pyridine rings is 1. The number of benzene rings is 2. The molecule has 1 unspecified atom stereocenters. The summed E-state index contributed by atoms with van der Waals surface area (Å²) >= 11 is 6.53. The first kappa shape index (κ1) is 25.4. The van der Waals surface area contributed by atoms with Crippen LogP contribution in [-0.2, 0) is 12.0 Å². The summed E-state index contributed by atoms with van der Waals surface area (Å²) in [5, 5.41) is 14.8. The molecule has 1 saturated heterocycles. The standard InChI is InChI=1S/C27H26ClF2N3O4/c1-31-25(35)16-12-19(30)26(36-11-10-34)33-24(16)22-17-14-27(21-8-5-9-32-21,15-6-3-2-4-7-15)37-20(17)13-18(29)23(22)28/h2-4,6-7,12-13,21,32,34H,5,8-11,14H2,1H3,(H,31,35)/t21-,27?/m0/s1. The number of hydrogen-bond acceptors (Lipinski definition) is 6. The molecule has 3 aromatic rings. The van der Waals surface area contributed by atoms with Crippen molar-refractivity contribution in [2.75, 3.05) is 26.8 Å². The molecular weight excluding hydrogens is 504 g/mol. The molecule has 7 nitrogen and oxygen atoms in total. The molecule has 0 spiro atoms. The van der Waals surface area contributed by atoms with Gasteiger partial charge in [0.25, 0.3) is 11.8 Å². The second-order valence-electron chi connectivity index (χ2n) is 9.03. The van der Waals surface area contributed by atoms with Crippen LogP contribution in [0.25, 0.3) is 11.3 Å². The van der Waals surface area contributed by atoms with Crippen LogP contribution in [0.1, 0.15) is 34.3 Å². The van der Waals surface area contributed by atoms with Gasteiger partial charge in [0.05, 0.1) is 28.9 Å². The summed E-state index contributed by atoms with van der Waals surface area (Å²) in [4.78, 5) is 17.0. The number of aromatic nitrogens is 1. The van der Waals surface area contributed by atoms with Crippen LogP contribution in [0.5, 0.6) is 11.6 Å². The Labute approximate surface area is 217 Å². The third kappa shape index (κ3) is 4.41. The minimum atomic E-state index is -0.898. The van der Waals surface area contributed by atoms with E-state index in [4.69, 9.17) is 26.2 Å². The molecule has 0 bridgehead atoms. The summed E-state index contributed by atoms with van der Waals surface area (Å²) in [5.74, 6) is -2.44. The maximum atomic E-state index is 15.3. The Morgan fingerprint density at radius 3 is 2.76 bits per heavy atom. The zero-order valence-electron chi connectivity index (χ0n) is 20.1. The van der Waals surface area contributed by atoms with Crippen LogP contribution in [0.2, 0.25) is 5.02 Å². The van der Waals surface area contributed by atoms with Crippen LogP contribution < -0.4 is 20.1 Å². The number of halogens is 3. The first-order valence-corrected chi connectivity index (χ1v) is 12.4. The molecule has 2 aromatic carbocycles. The Morgan fingerprint density at radius 2 is 2.08 bits per heavy atom. The van der Waals surface area contributed by atoms with Gasteiger partial charge in [-0.15, -0.1) is 0 Å². The highest BCUT2D eigenvalue weighted by molar-refractivity contribution is 6.34. The summed E-state index contributed by atoms with van der Waals surface area (Å²) in [7, 11) is 1.40. The summed E-state index contributed by atoms with van der Waals surface area (Å²) in [5.41, 5.74) is 0.582. The lowest BCUT2D eigenvalue weighted by molar-refractivity contribution is 0.0539. The second-order valence-corrected chi connectivity index (χ2v) is 9.41. The van der Waals surface area contributed by atoms with E-state index in [-0.39, 0.29) is 46.8 Å². The molecule has 0 radical (unpaired) electrons. The predicted molar refractivity (Wildman–Crippen MR) is 134 cm³/mol. The lowest BCUT2D eigenvalue weighted by atomic mass is 9.80. The number of fused-ring (bicyclic) bond motifs is 1. The van der Waals surface area contributed by atoms with E-state index in [1.807, 2.05) is 30.3 Å². The number of carbonyl (C=O) groups is 1. The van der Waals surface area contributed by atoms with Gasteiger partial charge in [0, 0.05) is 30.7 Å². The molecule has 0 aliphatic carbocycles. The number of carbonyl (C=O) groups excluding carboxylic acids is 1. The third-order valence-electron chi connectivity index (χ3n) is 6.89. The zero-order chi connectivity index (χ0) is 26.2. The van der Waals surface area contributed by atoms with Crippen molar-refractivity contribution in [1.82, 2.24) is 15.6 Å². The number of aliphatic hydroxyl groups excluding tert-OH is 1. The Kier molecular flexibility index (Phi) is 7.02. The molecular formula is C27H26ClF2N3O4. The molecule has 2 aliphatic rings. The van der Waals surface area contributed by atoms with Gasteiger partial charge in [-0.05, 0) is 31.0 Å². The highest BCUT2D eigenvalue weighted by atomic mass is 35.5. The number of ether oxygens (including phenoxy) is 2. The fourth-order valence-corrected chi connectivity index (χ4v) is 5.48. The van der Waals surface area contributed by atoms with Gasteiger partial charge < -0.3 is 25.2 Å². The molecule has 5 rings (SSSR count). The average Bonchev–Trinajstić information content (AvgIpc) is 3.58. The Morgan fingerprint density at radius 1 is 1.30 bits per heavy atom. The van der Waals surface area contributed by atoms with Crippen molar-refractivity contribution < 1.29 is 28.2 Å². The van der Waals surface area contributed by atoms with Gasteiger partial charge in [0.1, 0.15) is 18.2 Å². The fourth-order valence-electron chi connectivity index (χ4n) is 5.22. The normalized spacial score (nSPS) is 20.4. The predicted octanol–water partition coefficient (Wildman–Crippen LogP) is 3.99. The lowest BCUT2D eigenvalue weighted by Crippen LogP contribution is -2.48. The van der Waals surface area contributed by atoms with Crippen molar-refractivity contribution >= 4 is 17.5 Å². The maximum absolute atomic E-state index is 15.3. The van der Waals surface area contributed by atoms with Gasteiger partial charge in [-0.2, -0.15) is 0 Å². The molecule has 37 heavy (non-hydrogen) atoms. The van der Waals surface area contributed by atoms with E-state index in [1.165, 1.54) is 13.1 Å². The van der Waals surface area contributed by atoms with Gasteiger partial charge in [-0.3, -0.25) is 4.79 Å². The number of aliphatic hydroxyl groups is 1. The Bertz CT molecular complexity index is 1340. The van der Waals surface area contributed by atoms with Gasteiger partial charge in [-0.25, -0.2) is 13.8 Å². The minimum absolute atomic E-state index is 0.0405. The van der Waals surface area contributed by atoms with Crippen molar-refractivity contribution in [3.63, 3.8) is 0 Å². The van der Waals surface area contributed by atoms with E-state index < -0.39 is 29.0 Å². The summed E-state index contributed by atoms with van der Waals surface area (Å²) < 4.78 is 41.9. The lowest BCUT2D eigenvalue weighted by Gasteiger charge is -2.35. The van der Waals surface area contributed by atoms with Crippen LogP contribution in [0, 0.1) is 11.6 Å². The second kappa shape index (κ2) is 10.2. The molecule has 2 atom stereocenters. The highest BCUT2D eigenvalue weighted by Gasteiger charge is 2.50. The number of amides is 1. The van der Waals surface area contributed by atoms with Crippen molar-refractivity contribution in [2.45, 2.75) is 30.9 Å². The van der Waals surface area contributed by atoms with E-state index in [0.29, 0.717) is 12.0 Å². The molecule has 2 aliphatic heterocycles. The van der Waals surface area contributed by atoms with Crippen LogP contribution in [0.15, 0.2) is 42.5 Å². The summed E-state index contributed by atoms with van der Waals surface area (Å²) in [6, 6.07) is 11.8. The molecule has 1 fully saturated rings. The van der Waals surface area contributed by atoms with E-state index >= 15 is 4.39 Å². The van der Waals surface area contributed by atoms with Crippen LogP contribution in [-0.4, -0.2) is 48.8 Å². The third-order valence-corrected chi connectivity index (χ3v) is 7.26. The summed E-state index contributed by atoms with van der Waals surface area (Å²) in [6.07, 6.45) is 2.14. The van der Waals surface area contributed by atoms with E-state index in [0.717, 1.165) is 31.0 Å². The molecule has 1 amide bonds. The molecule has 1 aromatic heterocycles. The van der Waals surface area contributed by atoms with Crippen LogP contribution in [0.4, 0.5) is 8.78 Å². The van der Waals surface area contributed by atoms with Gasteiger partial charge in [0.2, 0.25) is 0 Å². The number of nitrogens with zero attached hydrogens (tertiary/aromatic N) is 1. The number of hydrogen-bond donors (Lipinski definition) is 3. The number of rotatable bonds is 7. The largest absolute Gasteiger partial charge is 0.480 e. The van der Waals surface area contributed by atoms with E-state index in [1.54, 1.807) is 0 Å². The smallest absolute Gasteiger partial charge is 0.253 e. The number of nitrogens with one attached hydrogen (secondary N) is 2. The molecule has 10 heteroatoms. The van der Waals surface area contributed by atoms with Gasteiger partial charge in [-0.1, -0.05) is 41.9 Å². The van der Waals surface area contributed by atoms with Crippen molar-refractivity contribution in [3.05, 3.63) is 75.8 Å². The van der Waals surface area contributed by atoms with Crippen molar-refractivity contribution in [1.29, 1.82) is 0 Å². The molecule has 194 valence electrons. The maximum Gasteiger partial charge on any atom is 0.253 e. The monoisotopic (exact) mass is 529 g/mol. The Hall–Kier alpha value is -3.27. The van der Waals surface area contributed by atoms with Gasteiger partial charge in [0.15, 0.2) is 11.4 Å². The fraction of sp³-hybridized carbons (Fsp3) is 0.333. The minimum Gasteiger partial charge on any atom is -0.480 e. The van der Waals surface area contributed by atoms with Crippen LogP contribution in [0.3, 0.4) is 0 Å².